The molecule has 0 radical (unpaired) electrons. The molecule has 0 aliphatic carbocycles. The zero-order valence-corrected chi connectivity index (χ0v) is 19.0. The lowest BCUT2D eigenvalue weighted by Crippen LogP contribution is -2.11. The minimum absolute atomic E-state index is 0.00901. The van der Waals surface area contributed by atoms with E-state index in [0.29, 0.717) is 37.1 Å². The SMILES string of the molecule is Cc1c(O)c(Br)cc(C(=O)c2cc(O)ccc2Br)c1-n1ccnc1-c1ccccc1. The normalized spacial score (nSPS) is 10.9. The summed E-state index contributed by atoms with van der Waals surface area (Å²) in [6, 6.07) is 15.7. The number of carbonyl (C=O) groups is 1. The highest BCUT2D eigenvalue weighted by Crippen LogP contribution is 2.38. The summed E-state index contributed by atoms with van der Waals surface area (Å²) in [6.45, 7) is 1.75. The molecule has 0 aliphatic heterocycles. The van der Waals surface area contributed by atoms with Crippen LogP contribution in [-0.2, 0) is 0 Å². The number of hydrogen-bond donors (Lipinski definition) is 2. The first-order valence-corrected chi connectivity index (χ1v) is 10.6. The van der Waals surface area contributed by atoms with Crippen molar-refractivity contribution in [3.63, 3.8) is 0 Å². The molecule has 0 amide bonds. The van der Waals surface area contributed by atoms with Gasteiger partial charge in [-0.1, -0.05) is 46.3 Å². The summed E-state index contributed by atoms with van der Waals surface area (Å²) in [5.41, 5.74) is 2.60. The van der Waals surface area contributed by atoms with Gasteiger partial charge in [0.05, 0.1) is 10.2 Å². The van der Waals surface area contributed by atoms with Crippen molar-refractivity contribution in [1.82, 2.24) is 9.55 Å². The number of carbonyl (C=O) groups excluding carboxylic acids is 1. The van der Waals surface area contributed by atoms with Crippen molar-refractivity contribution in [2.45, 2.75) is 6.92 Å². The molecule has 0 aliphatic rings. The molecule has 0 saturated carbocycles. The molecule has 0 spiro atoms. The molecule has 0 fully saturated rings. The van der Waals surface area contributed by atoms with Crippen molar-refractivity contribution >= 4 is 37.6 Å². The number of imidazole rings is 1. The Kier molecular flexibility index (Phi) is 5.49. The average molecular weight is 528 g/mol. The first-order chi connectivity index (χ1) is 14.4. The zero-order valence-electron chi connectivity index (χ0n) is 15.8. The lowest BCUT2D eigenvalue weighted by Gasteiger charge is -2.18. The van der Waals surface area contributed by atoms with E-state index < -0.39 is 0 Å². The molecule has 2 N–H and O–H groups in total. The molecule has 150 valence electrons. The number of phenolic OH excluding ortho intramolecular Hbond substituents is 2. The Balaban J connectivity index is 1.99. The van der Waals surface area contributed by atoms with E-state index in [2.05, 4.69) is 36.8 Å². The maximum absolute atomic E-state index is 13.5. The lowest BCUT2D eigenvalue weighted by molar-refractivity contribution is 0.103. The van der Waals surface area contributed by atoms with Crippen molar-refractivity contribution in [2.75, 3.05) is 0 Å². The Hall–Kier alpha value is -2.90. The van der Waals surface area contributed by atoms with E-state index in [4.69, 9.17) is 0 Å². The number of aromatic nitrogens is 2. The number of nitrogens with zero attached hydrogens (tertiary/aromatic N) is 2. The third-order valence-electron chi connectivity index (χ3n) is 4.82. The first kappa shape index (κ1) is 20.4. The Bertz CT molecular complexity index is 1270. The van der Waals surface area contributed by atoms with Crippen LogP contribution in [0, 0.1) is 6.92 Å². The van der Waals surface area contributed by atoms with Crippen LogP contribution < -0.4 is 0 Å². The summed E-state index contributed by atoms with van der Waals surface area (Å²) in [5, 5.41) is 20.5. The summed E-state index contributed by atoms with van der Waals surface area (Å²) in [7, 11) is 0. The van der Waals surface area contributed by atoms with Crippen LogP contribution in [0.5, 0.6) is 11.5 Å². The average Bonchev–Trinajstić information content (AvgIpc) is 3.23. The van der Waals surface area contributed by atoms with E-state index in [9.17, 15) is 15.0 Å². The number of aromatic hydroxyl groups is 2. The molecule has 1 heterocycles. The Morgan fingerprint density at radius 3 is 2.43 bits per heavy atom. The van der Waals surface area contributed by atoms with Gasteiger partial charge in [0, 0.05) is 39.1 Å². The molecule has 7 heteroatoms. The predicted molar refractivity (Wildman–Crippen MR) is 122 cm³/mol. The number of hydrogen-bond acceptors (Lipinski definition) is 4. The van der Waals surface area contributed by atoms with E-state index in [0.717, 1.165) is 5.56 Å². The van der Waals surface area contributed by atoms with Crippen molar-refractivity contribution in [2.24, 2.45) is 0 Å². The van der Waals surface area contributed by atoms with Gasteiger partial charge in [0.2, 0.25) is 0 Å². The lowest BCUT2D eigenvalue weighted by atomic mass is 9.97. The smallest absolute Gasteiger partial charge is 0.196 e. The van der Waals surface area contributed by atoms with Crippen LogP contribution in [0.1, 0.15) is 21.5 Å². The van der Waals surface area contributed by atoms with Gasteiger partial charge in [-0.3, -0.25) is 9.36 Å². The number of ketones is 1. The highest BCUT2D eigenvalue weighted by molar-refractivity contribution is 9.10. The molecule has 4 rings (SSSR count). The fourth-order valence-electron chi connectivity index (χ4n) is 3.36. The van der Waals surface area contributed by atoms with Crippen LogP contribution in [-0.4, -0.2) is 25.5 Å². The quantitative estimate of drug-likeness (QED) is 0.318. The Morgan fingerprint density at radius 2 is 1.70 bits per heavy atom. The molecule has 0 atom stereocenters. The summed E-state index contributed by atoms with van der Waals surface area (Å²) in [4.78, 5) is 18.0. The Morgan fingerprint density at radius 1 is 0.967 bits per heavy atom. The van der Waals surface area contributed by atoms with Crippen LogP contribution in [0.25, 0.3) is 17.1 Å². The van der Waals surface area contributed by atoms with Crippen LogP contribution >= 0.6 is 31.9 Å². The van der Waals surface area contributed by atoms with Gasteiger partial charge in [-0.05, 0) is 47.1 Å². The van der Waals surface area contributed by atoms with Crippen LogP contribution in [0.3, 0.4) is 0 Å². The minimum atomic E-state index is -0.302. The molecular weight excluding hydrogens is 512 g/mol. The molecular formula is C23H16Br2N2O3. The second-order valence-electron chi connectivity index (χ2n) is 6.71. The fourth-order valence-corrected chi connectivity index (χ4v) is 4.31. The third kappa shape index (κ3) is 3.55. The van der Waals surface area contributed by atoms with Crippen molar-refractivity contribution in [3.05, 3.63) is 92.6 Å². The molecule has 0 saturated heterocycles. The van der Waals surface area contributed by atoms with Gasteiger partial charge in [0.1, 0.15) is 17.3 Å². The summed E-state index contributed by atoms with van der Waals surface area (Å²) in [5.74, 6) is 0.378. The van der Waals surface area contributed by atoms with Gasteiger partial charge in [-0.15, -0.1) is 0 Å². The summed E-state index contributed by atoms with van der Waals surface area (Å²) >= 11 is 6.74. The number of rotatable bonds is 4. The minimum Gasteiger partial charge on any atom is -0.508 e. The van der Waals surface area contributed by atoms with Gasteiger partial charge in [0.25, 0.3) is 0 Å². The van der Waals surface area contributed by atoms with E-state index in [-0.39, 0.29) is 17.3 Å². The largest absolute Gasteiger partial charge is 0.508 e. The molecule has 1 aromatic heterocycles. The van der Waals surface area contributed by atoms with Gasteiger partial charge < -0.3 is 10.2 Å². The van der Waals surface area contributed by atoms with Crippen LogP contribution in [0.15, 0.2) is 75.9 Å². The van der Waals surface area contributed by atoms with Crippen molar-refractivity contribution in [1.29, 1.82) is 0 Å². The maximum atomic E-state index is 13.5. The number of halogens is 2. The molecule has 30 heavy (non-hydrogen) atoms. The molecule has 4 aromatic rings. The number of phenols is 2. The van der Waals surface area contributed by atoms with E-state index in [1.54, 1.807) is 36.0 Å². The summed E-state index contributed by atoms with van der Waals surface area (Å²) in [6.07, 6.45) is 3.41. The fraction of sp³-hybridized carbons (Fsp3) is 0.0435. The molecule has 0 bridgehead atoms. The van der Waals surface area contributed by atoms with Crippen molar-refractivity contribution in [3.8, 4) is 28.6 Å². The zero-order chi connectivity index (χ0) is 21.4. The van der Waals surface area contributed by atoms with Gasteiger partial charge in [0.15, 0.2) is 5.78 Å². The summed E-state index contributed by atoms with van der Waals surface area (Å²) < 4.78 is 2.76. The second kappa shape index (κ2) is 8.08. The van der Waals surface area contributed by atoms with Crippen LogP contribution in [0.2, 0.25) is 0 Å². The standard InChI is InChI=1S/C23H16Br2N2O3/c1-13-20(27-10-9-26-23(27)14-5-3-2-4-6-14)17(12-19(25)21(13)29)22(30)16-11-15(28)7-8-18(16)24/h2-12,28-29H,1H3. The first-order valence-electron chi connectivity index (χ1n) is 9.03. The molecule has 5 nitrogen and oxygen atoms in total. The molecule has 0 unspecified atom stereocenters. The highest BCUT2D eigenvalue weighted by atomic mass is 79.9. The third-order valence-corrected chi connectivity index (χ3v) is 6.11. The van der Waals surface area contributed by atoms with E-state index in [1.165, 1.54) is 12.1 Å². The maximum Gasteiger partial charge on any atom is 0.196 e. The second-order valence-corrected chi connectivity index (χ2v) is 8.42. The van der Waals surface area contributed by atoms with Crippen molar-refractivity contribution < 1.29 is 15.0 Å². The molecule has 3 aromatic carbocycles. The highest BCUT2D eigenvalue weighted by Gasteiger charge is 2.24. The topological polar surface area (TPSA) is 75.3 Å². The van der Waals surface area contributed by atoms with Gasteiger partial charge in [-0.25, -0.2) is 4.98 Å². The number of benzene rings is 3. The van der Waals surface area contributed by atoms with E-state index in [1.807, 2.05) is 30.3 Å². The monoisotopic (exact) mass is 526 g/mol. The Labute approximate surface area is 189 Å². The van der Waals surface area contributed by atoms with Gasteiger partial charge in [-0.2, -0.15) is 0 Å². The van der Waals surface area contributed by atoms with Gasteiger partial charge >= 0.3 is 0 Å². The van der Waals surface area contributed by atoms with E-state index >= 15 is 0 Å². The van der Waals surface area contributed by atoms with Crippen LogP contribution in [0.4, 0.5) is 0 Å². The predicted octanol–water partition coefficient (Wildman–Crippen LogP) is 6.01.